The van der Waals surface area contributed by atoms with Gasteiger partial charge in [0.2, 0.25) is 0 Å². The topological polar surface area (TPSA) is 48.1 Å². The molecule has 1 rings (SSSR count). The summed E-state index contributed by atoms with van der Waals surface area (Å²) in [6, 6.07) is 1.77. The quantitative estimate of drug-likeness (QED) is 0.779. The lowest BCUT2D eigenvalue weighted by molar-refractivity contribution is 0.209. The van der Waals surface area contributed by atoms with Crippen LogP contribution in [-0.2, 0) is 0 Å². The average molecular weight is 224 g/mol. The number of hydrogen-bond acceptors (Lipinski definition) is 3. The zero-order chi connectivity index (χ0) is 11.3. The van der Waals surface area contributed by atoms with Gasteiger partial charge in [0, 0.05) is 6.20 Å². The molecule has 0 saturated heterocycles. The molecule has 1 aromatic heterocycles. The molecule has 82 valence electrons. The molecule has 0 spiro atoms. The summed E-state index contributed by atoms with van der Waals surface area (Å²) in [5.41, 5.74) is 6.34. The molecule has 15 heavy (non-hydrogen) atoms. The molecule has 0 amide bonds. The maximum Gasteiger partial charge on any atom is 0.148 e. The van der Waals surface area contributed by atoms with Crippen LogP contribution in [-0.4, -0.2) is 16.1 Å². The number of aromatic nitrogens is 1. The Morgan fingerprint density at radius 1 is 1.67 bits per heavy atom. The van der Waals surface area contributed by atoms with E-state index < -0.39 is 0 Å². The van der Waals surface area contributed by atoms with E-state index >= 15 is 0 Å². The van der Waals surface area contributed by atoms with Crippen molar-refractivity contribution >= 4 is 17.2 Å². The first-order valence-corrected chi connectivity index (χ1v) is 5.46. The van der Waals surface area contributed by atoms with Gasteiger partial charge in [0.25, 0.3) is 0 Å². The third kappa shape index (κ3) is 3.47. The van der Waals surface area contributed by atoms with Gasteiger partial charge in [-0.05, 0) is 19.4 Å². The molecule has 0 aromatic carbocycles. The lowest BCUT2D eigenvalue weighted by Crippen LogP contribution is -2.16. The van der Waals surface area contributed by atoms with Crippen LogP contribution in [0.3, 0.4) is 0 Å². The molecule has 0 bridgehead atoms. The van der Waals surface area contributed by atoms with Gasteiger partial charge < -0.3 is 10.5 Å². The Morgan fingerprint density at radius 2 is 2.40 bits per heavy atom. The predicted octanol–water partition coefficient (Wildman–Crippen LogP) is 2.28. The van der Waals surface area contributed by atoms with Gasteiger partial charge in [0.05, 0.1) is 17.9 Å². The van der Waals surface area contributed by atoms with Crippen LogP contribution in [0.1, 0.15) is 32.3 Å². The van der Waals surface area contributed by atoms with E-state index in [4.69, 9.17) is 22.7 Å². The van der Waals surface area contributed by atoms with E-state index in [1.165, 1.54) is 0 Å². The lowest BCUT2D eigenvalue weighted by atomic mass is 10.2. The van der Waals surface area contributed by atoms with Gasteiger partial charge in [-0.25, -0.2) is 0 Å². The summed E-state index contributed by atoms with van der Waals surface area (Å²) in [4.78, 5) is 4.34. The van der Waals surface area contributed by atoms with Crippen LogP contribution in [0.5, 0.6) is 5.75 Å². The minimum atomic E-state index is 0.160. The highest BCUT2D eigenvalue weighted by atomic mass is 32.1. The Hall–Kier alpha value is -1.16. The van der Waals surface area contributed by atoms with Gasteiger partial charge in [0.1, 0.15) is 10.7 Å². The summed E-state index contributed by atoms with van der Waals surface area (Å²) < 4.78 is 5.72. The molecule has 1 atom stereocenters. The van der Waals surface area contributed by atoms with Gasteiger partial charge in [-0.2, -0.15) is 0 Å². The van der Waals surface area contributed by atoms with E-state index in [0.29, 0.717) is 10.7 Å². The van der Waals surface area contributed by atoms with Crippen molar-refractivity contribution in [1.82, 2.24) is 4.98 Å². The summed E-state index contributed by atoms with van der Waals surface area (Å²) in [6.07, 6.45) is 5.56. The largest absolute Gasteiger partial charge is 0.488 e. The summed E-state index contributed by atoms with van der Waals surface area (Å²) in [5, 5.41) is 0. The highest BCUT2D eigenvalue weighted by molar-refractivity contribution is 7.80. The van der Waals surface area contributed by atoms with Crippen molar-refractivity contribution in [2.75, 3.05) is 0 Å². The highest BCUT2D eigenvalue weighted by Gasteiger charge is 2.09. The molecule has 0 saturated carbocycles. The van der Waals surface area contributed by atoms with E-state index in [1.807, 2.05) is 6.92 Å². The number of nitrogens with zero attached hydrogens (tertiary/aromatic N) is 1. The second kappa shape index (κ2) is 5.66. The summed E-state index contributed by atoms with van der Waals surface area (Å²) in [6.45, 7) is 4.15. The fourth-order valence-corrected chi connectivity index (χ4v) is 1.53. The monoisotopic (exact) mass is 224 g/mol. The Morgan fingerprint density at radius 3 is 3.00 bits per heavy atom. The van der Waals surface area contributed by atoms with E-state index in [1.54, 1.807) is 18.5 Å². The van der Waals surface area contributed by atoms with Crippen molar-refractivity contribution < 1.29 is 4.74 Å². The fourth-order valence-electron chi connectivity index (χ4n) is 1.36. The number of pyridine rings is 1. The zero-order valence-corrected chi connectivity index (χ0v) is 9.88. The van der Waals surface area contributed by atoms with E-state index in [2.05, 4.69) is 11.9 Å². The summed E-state index contributed by atoms with van der Waals surface area (Å²) in [5.74, 6) is 0.672. The third-order valence-electron chi connectivity index (χ3n) is 2.07. The fraction of sp³-hybridized carbons (Fsp3) is 0.455. The Bertz CT molecular complexity index is 341. The number of hydrogen-bond donors (Lipinski definition) is 1. The molecule has 4 heteroatoms. The highest BCUT2D eigenvalue weighted by Crippen LogP contribution is 2.18. The molecule has 1 heterocycles. The van der Waals surface area contributed by atoms with E-state index in [0.717, 1.165) is 18.4 Å². The van der Waals surface area contributed by atoms with Gasteiger partial charge >= 0.3 is 0 Å². The minimum Gasteiger partial charge on any atom is -0.488 e. The van der Waals surface area contributed by atoms with Crippen molar-refractivity contribution in [3.8, 4) is 5.75 Å². The molecular weight excluding hydrogens is 208 g/mol. The molecule has 0 fully saturated rings. The number of thiocarbonyl (C=S) groups is 1. The number of nitrogens with two attached hydrogens (primary N) is 1. The van der Waals surface area contributed by atoms with Gasteiger partial charge in [-0.1, -0.05) is 25.6 Å². The summed E-state index contributed by atoms with van der Waals surface area (Å²) in [7, 11) is 0. The first-order valence-electron chi connectivity index (χ1n) is 5.05. The number of ether oxygens (including phenoxy) is 1. The smallest absolute Gasteiger partial charge is 0.148 e. The molecular formula is C11H16N2OS. The molecule has 0 aliphatic rings. The molecule has 1 aromatic rings. The Kier molecular flexibility index (Phi) is 4.49. The van der Waals surface area contributed by atoms with Crippen molar-refractivity contribution in [3.63, 3.8) is 0 Å². The predicted molar refractivity (Wildman–Crippen MR) is 65.1 cm³/mol. The Labute approximate surface area is 95.7 Å². The van der Waals surface area contributed by atoms with Gasteiger partial charge in [0.15, 0.2) is 0 Å². The van der Waals surface area contributed by atoms with Gasteiger partial charge in [-0.15, -0.1) is 0 Å². The minimum absolute atomic E-state index is 0.160. The summed E-state index contributed by atoms with van der Waals surface area (Å²) >= 11 is 4.94. The first kappa shape index (κ1) is 11.9. The second-order valence-corrected chi connectivity index (χ2v) is 3.89. The van der Waals surface area contributed by atoms with Crippen molar-refractivity contribution in [2.24, 2.45) is 5.73 Å². The van der Waals surface area contributed by atoms with Gasteiger partial charge in [-0.3, -0.25) is 4.98 Å². The van der Waals surface area contributed by atoms with Crippen LogP contribution < -0.4 is 10.5 Å². The van der Waals surface area contributed by atoms with Crippen LogP contribution in [0.4, 0.5) is 0 Å². The van der Waals surface area contributed by atoms with Crippen LogP contribution in [0.15, 0.2) is 18.5 Å². The third-order valence-corrected chi connectivity index (χ3v) is 2.29. The molecule has 0 radical (unpaired) electrons. The second-order valence-electron chi connectivity index (χ2n) is 3.45. The molecule has 1 unspecified atom stereocenters. The SMILES string of the molecule is CCCC(C)Oc1cnccc1C(N)=S. The maximum absolute atomic E-state index is 5.72. The van der Waals surface area contributed by atoms with Crippen LogP contribution >= 0.6 is 12.2 Å². The molecule has 3 nitrogen and oxygen atoms in total. The average Bonchev–Trinajstić information content (AvgIpc) is 2.18. The molecule has 0 aliphatic carbocycles. The van der Waals surface area contributed by atoms with Crippen LogP contribution in [0, 0.1) is 0 Å². The molecule has 0 aliphatic heterocycles. The first-order chi connectivity index (χ1) is 7.15. The van der Waals surface area contributed by atoms with E-state index in [9.17, 15) is 0 Å². The number of rotatable bonds is 5. The standard InChI is InChI=1S/C11H16N2OS/c1-3-4-8(2)14-10-7-13-6-5-9(10)11(12)15/h5-8H,3-4H2,1-2H3,(H2,12,15). The van der Waals surface area contributed by atoms with E-state index in [-0.39, 0.29) is 6.10 Å². The zero-order valence-electron chi connectivity index (χ0n) is 9.06. The van der Waals surface area contributed by atoms with Crippen LogP contribution in [0.2, 0.25) is 0 Å². The van der Waals surface area contributed by atoms with Crippen molar-refractivity contribution in [3.05, 3.63) is 24.0 Å². The molecule has 2 N–H and O–H groups in total. The maximum atomic E-state index is 5.72. The normalized spacial score (nSPS) is 12.1. The van der Waals surface area contributed by atoms with Crippen LogP contribution in [0.25, 0.3) is 0 Å². The van der Waals surface area contributed by atoms with Crippen molar-refractivity contribution in [2.45, 2.75) is 32.8 Å². The lowest BCUT2D eigenvalue weighted by Gasteiger charge is -2.15. The Balaban J connectivity index is 2.79. The van der Waals surface area contributed by atoms with Crippen molar-refractivity contribution in [1.29, 1.82) is 0 Å².